The van der Waals surface area contributed by atoms with E-state index in [2.05, 4.69) is 5.32 Å². The number of amides is 1. The van der Waals surface area contributed by atoms with Crippen LogP contribution in [0.2, 0.25) is 0 Å². The first-order chi connectivity index (χ1) is 12.6. The molecule has 26 heavy (non-hydrogen) atoms. The Labute approximate surface area is 155 Å². The van der Waals surface area contributed by atoms with E-state index in [1.807, 2.05) is 36.4 Å². The molecule has 1 N–H and O–H groups in total. The Bertz CT molecular complexity index is 606. The van der Waals surface area contributed by atoms with Crippen molar-refractivity contribution in [3.05, 3.63) is 47.5 Å². The van der Waals surface area contributed by atoms with Crippen LogP contribution in [0.25, 0.3) is 0 Å². The molecule has 1 saturated carbocycles. The molecule has 1 aliphatic rings. The Balaban J connectivity index is 1.99. The smallest absolute Gasteiger partial charge is 0.407 e. The molecule has 1 fully saturated rings. The third kappa shape index (κ3) is 6.54. The summed E-state index contributed by atoms with van der Waals surface area (Å²) < 4.78 is 10.4. The Morgan fingerprint density at radius 2 is 1.85 bits per heavy atom. The molecule has 0 bridgehead atoms. The van der Waals surface area contributed by atoms with Gasteiger partial charge in [-0.25, -0.2) is 9.59 Å². The summed E-state index contributed by atoms with van der Waals surface area (Å²) in [5, 5.41) is 2.94. The van der Waals surface area contributed by atoms with Gasteiger partial charge < -0.3 is 14.8 Å². The summed E-state index contributed by atoms with van der Waals surface area (Å²) in [6, 6.07) is 9.35. The van der Waals surface area contributed by atoms with Gasteiger partial charge in [-0.15, -0.1) is 0 Å². The van der Waals surface area contributed by atoms with Gasteiger partial charge in [-0.05, 0) is 38.2 Å². The number of carbonyl (C=O) groups excluding carboxylic acids is 2. The van der Waals surface area contributed by atoms with Gasteiger partial charge in [0.05, 0.1) is 12.6 Å². The maximum Gasteiger partial charge on any atom is 0.407 e. The minimum absolute atomic E-state index is 0.219. The number of esters is 1. The van der Waals surface area contributed by atoms with Crippen LogP contribution in [0.1, 0.15) is 51.5 Å². The highest BCUT2D eigenvalue weighted by molar-refractivity contribution is 5.88. The highest BCUT2D eigenvalue weighted by Crippen LogP contribution is 2.27. The van der Waals surface area contributed by atoms with E-state index in [9.17, 15) is 9.59 Å². The zero-order valence-electron chi connectivity index (χ0n) is 15.7. The Kier molecular flexibility index (Phi) is 8.19. The minimum atomic E-state index is -0.461. The zero-order valence-corrected chi connectivity index (χ0v) is 15.7. The molecule has 0 unspecified atom stereocenters. The fourth-order valence-electron chi connectivity index (χ4n) is 3.27. The van der Waals surface area contributed by atoms with Crippen LogP contribution in [0.3, 0.4) is 0 Å². The monoisotopic (exact) mass is 359 g/mol. The molecular weight excluding hydrogens is 330 g/mol. The fraction of sp³-hybridized carbons (Fsp3) is 0.524. The third-order valence-electron chi connectivity index (χ3n) is 4.68. The van der Waals surface area contributed by atoms with Crippen molar-refractivity contribution in [2.45, 2.75) is 58.6 Å². The second-order valence-electron chi connectivity index (χ2n) is 6.70. The quantitative estimate of drug-likeness (QED) is 0.580. The third-order valence-corrected chi connectivity index (χ3v) is 4.68. The number of ether oxygens (including phenoxy) is 2. The van der Waals surface area contributed by atoms with Crippen LogP contribution in [0.4, 0.5) is 4.79 Å². The molecule has 0 saturated heterocycles. The second kappa shape index (κ2) is 10.6. The highest BCUT2D eigenvalue weighted by atomic mass is 16.5. The van der Waals surface area contributed by atoms with Crippen LogP contribution in [-0.4, -0.2) is 24.7 Å². The van der Waals surface area contributed by atoms with Gasteiger partial charge in [0, 0.05) is 5.57 Å². The summed E-state index contributed by atoms with van der Waals surface area (Å²) in [6.45, 7) is 4.07. The van der Waals surface area contributed by atoms with E-state index in [4.69, 9.17) is 9.47 Å². The molecule has 1 amide bonds. The van der Waals surface area contributed by atoms with Crippen molar-refractivity contribution in [1.82, 2.24) is 5.32 Å². The van der Waals surface area contributed by atoms with E-state index in [-0.39, 0.29) is 18.6 Å². The number of rotatable bonds is 7. The molecule has 1 aromatic rings. The molecule has 0 aliphatic heterocycles. The van der Waals surface area contributed by atoms with Crippen molar-refractivity contribution in [3.63, 3.8) is 0 Å². The summed E-state index contributed by atoms with van der Waals surface area (Å²) in [5.74, 6) is -0.0230. The van der Waals surface area contributed by atoms with Crippen LogP contribution in [0.15, 0.2) is 42.0 Å². The van der Waals surface area contributed by atoms with Gasteiger partial charge in [-0.3, -0.25) is 0 Å². The number of nitrogens with one attached hydrogen (secondary N) is 1. The number of benzene rings is 1. The molecule has 0 radical (unpaired) electrons. The Morgan fingerprint density at radius 1 is 1.15 bits per heavy atom. The molecule has 1 aliphatic carbocycles. The largest absolute Gasteiger partial charge is 0.463 e. The first-order valence-electron chi connectivity index (χ1n) is 9.43. The lowest BCUT2D eigenvalue weighted by Crippen LogP contribution is -2.40. The van der Waals surface area contributed by atoms with Crippen molar-refractivity contribution in [3.8, 4) is 0 Å². The van der Waals surface area contributed by atoms with Crippen molar-refractivity contribution in [2.24, 2.45) is 5.92 Å². The molecule has 2 rings (SSSR count). The SMILES string of the molecule is CCOC(=O)/C(C)=C/[C@@H](NC(=O)OCc1ccccc1)C1CCCCC1. The van der Waals surface area contributed by atoms with Crippen LogP contribution in [0.5, 0.6) is 0 Å². The molecule has 0 heterocycles. The molecule has 1 aromatic carbocycles. The number of hydrogen-bond donors (Lipinski definition) is 1. The first-order valence-corrected chi connectivity index (χ1v) is 9.43. The number of alkyl carbamates (subject to hydrolysis) is 1. The van der Waals surface area contributed by atoms with E-state index < -0.39 is 6.09 Å². The van der Waals surface area contributed by atoms with Crippen LogP contribution in [0, 0.1) is 5.92 Å². The van der Waals surface area contributed by atoms with E-state index in [0.29, 0.717) is 18.1 Å². The van der Waals surface area contributed by atoms with E-state index in [0.717, 1.165) is 31.2 Å². The van der Waals surface area contributed by atoms with Crippen molar-refractivity contribution in [2.75, 3.05) is 6.61 Å². The van der Waals surface area contributed by atoms with Crippen LogP contribution >= 0.6 is 0 Å². The average Bonchev–Trinajstić information content (AvgIpc) is 2.67. The van der Waals surface area contributed by atoms with Gasteiger partial charge in [0.2, 0.25) is 0 Å². The minimum Gasteiger partial charge on any atom is -0.463 e. The molecule has 5 heteroatoms. The summed E-state index contributed by atoms with van der Waals surface area (Å²) in [6.07, 6.45) is 6.95. The first kappa shape index (κ1) is 20.0. The highest BCUT2D eigenvalue weighted by Gasteiger charge is 2.25. The average molecular weight is 359 g/mol. The van der Waals surface area contributed by atoms with Gasteiger partial charge >= 0.3 is 12.1 Å². The van der Waals surface area contributed by atoms with E-state index in [1.165, 1.54) is 6.42 Å². The van der Waals surface area contributed by atoms with Crippen molar-refractivity contribution < 1.29 is 19.1 Å². The fourth-order valence-corrected chi connectivity index (χ4v) is 3.27. The van der Waals surface area contributed by atoms with E-state index >= 15 is 0 Å². The van der Waals surface area contributed by atoms with Crippen LogP contribution < -0.4 is 5.32 Å². The van der Waals surface area contributed by atoms with Gasteiger partial charge in [-0.2, -0.15) is 0 Å². The normalized spacial score (nSPS) is 16.6. The summed E-state index contributed by atoms with van der Waals surface area (Å²) in [4.78, 5) is 24.2. The summed E-state index contributed by atoms with van der Waals surface area (Å²) >= 11 is 0. The molecular formula is C21H29NO4. The van der Waals surface area contributed by atoms with E-state index in [1.54, 1.807) is 13.8 Å². The summed E-state index contributed by atoms with van der Waals surface area (Å²) in [7, 11) is 0. The zero-order chi connectivity index (χ0) is 18.8. The standard InChI is InChI=1S/C21H29NO4/c1-3-25-20(23)16(2)14-19(18-12-8-5-9-13-18)22-21(24)26-15-17-10-6-4-7-11-17/h4,6-7,10-11,14,18-19H,3,5,8-9,12-13,15H2,1-2H3,(H,22,24)/b16-14+/t19-/m1/s1. The maximum atomic E-state index is 12.3. The van der Waals surface area contributed by atoms with Gasteiger partial charge in [0.15, 0.2) is 0 Å². The molecule has 5 nitrogen and oxygen atoms in total. The van der Waals surface area contributed by atoms with Crippen molar-refractivity contribution in [1.29, 1.82) is 0 Å². The molecule has 0 aromatic heterocycles. The number of hydrogen-bond acceptors (Lipinski definition) is 4. The lowest BCUT2D eigenvalue weighted by molar-refractivity contribution is -0.138. The Hall–Kier alpha value is -2.30. The molecule has 0 spiro atoms. The topological polar surface area (TPSA) is 64.6 Å². The molecule has 1 atom stereocenters. The predicted octanol–water partition coefficient (Wildman–Crippen LogP) is 4.37. The molecule has 142 valence electrons. The van der Waals surface area contributed by atoms with Gasteiger partial charge in [0.1, 0.15) is 6.61 Å². The van der Waals surface area contributed by atoms with Gasteiger partial charge in [-0.1, -0.05) is 55.7 Å². The summed E-state index contributed by atoms with van der Waals surface area (Å²) in [5.41, 5.74) is 1.46. The predicted molar refractivity (Wildman–Crippen MR) is 101 cm³/mol. The Morgan fingerprint density at radius 3 is 2.50 bits per heavy atom. The maximum absolute atomic E-state index is 12.3. The number of carbonyl (C=O) groups is 2. The lowest BCUT2D eigenvalue weighted by atomic mass is 9.83. The lowest BCUT2D eigenvalue weighted by Gasteiger charge is -2.29. The van der Waals surface area contributed by atoms with Crippen LogP contribution in [-0.2, 0) is 20.9 Å². The van der Waals surface area contributed by atoms with Crippen molar-refractivity contribution >= 4 is 12.1 Å². The van der Waals surface area contributed by atoms with Gasteiger partial charge in [0.25, 0.3) is 0 Å². The second-order valence-corrected chi connectivity index (χ2v) is 6.70.